The number of alkyl halides is 3. The summed E-state index contributed by atoms with van der Waals surface area (Å²) in [5.41, 5.74) is 4.62. The number of rotatable bonds is 3. The van der Waals surface area contributed by atoms with Crippen LogP contribution in [0.5, 0.6) is 0 Å². The molecule has 1 saturated carbocycles. The minimum Gasteiger partial charge on any atom is -0.328 e. The van der Waals surface area contributed by atoms with Gasteiger partial charge in [-0.2, -0.15) is 13.2 Å². The van der Waals surface area contributed by atoms with Crippen molar-refractivity contribution >= 4 is 10.0 Å². The number of nitrogens with two attached hydrogens (primary N) is 1. The molecule has 0 atom stereocenters. The summed E-state index contributed by atoms with van der Waals surface area (Å²) in [6.45, 7) is 0. The number of aromatic nitrogens is 1. The van der Waals surface area contributed by atoms with Crippen LogP contribution in [0.2, 0.25) is 0 Å². The van der Waals surface area contributed by atoms with E-state index >= 15 is 0 Å². The fourth-order valence-electron chi connectivity index (χ4n) is 2.23. The second-order valence-electron chi connectivity index (χ2n) is 5.11. The summed E-state index contributed by atoms with van der Waals surface area (Å²) in [6, 6.07) is 1.41. The Morgan fingerprint density at radius 3 is 2.29 bits per heavy atom. The second kappa shape index (κ2) is 5.90. The van der Waals surface area contributed by atoms with Crippen molar-refractivity contribution < 1.29 is 21.6 Å². The van der Waals surface area contributed by atoms with Crippen LogP contribution in [0.15, 0.2) is 23.2 Å². The van der Waals surface area contributed by atoms with Gasteiger partial charge in [0.1, 0.15) is 10.6 Å². The van der Waals surface area contributed by atoms with Crippen LogP contribution < -0.4 is 10.5 Å². The average molecular weight is 323 g/mol. The normalized spacial score (nSPS) is 24.0. The van der Waals surface area contributed by atoms with Gasteiger partial charge in [0.2, 0.25) is 10.0 Å². The van der Waals surface area contributed by atoms with E-state index in [9.17, 15) is 21.6 Å². The molecule has 9 heteroatoms. The fraction of sp³-hybridized carbons (Fsp3) is 0.583. The van der Waals surface area contributed by atoms with Crippen molar-refractivity contribution in [2.75, 3.05) is 0 Å². The quantitative estimate of drug-likeness (QED) is 0.886. The summed E-state index contributed by atoms with van der Waals surface area (Å²) in [6.07, 6.45) is -1.19. The Hall–Kier alpha value is -1.19. The summed E-state index contributed by atoms with van der Waals surface area (Å²) < 4.78 is 63.8. The molecule has 1 aromatic heterocycles. The van der Waals surface area contributed by atoms with Gasteiger partial charge >= 0.3 is 6.18 Å². The van der Waals surface area contributed by atoms with Crippen molar-refractivity contribution in [2.24, 2.45) is 5.73 Å². The number of halogens is 3. The number of hydrogen-bond acceptors (Lipinski definition) is 4. The summed E-state index contributed by atoms with van der Waals surface area (Å²) in [5, 5.41) is 0. The van der Waals surface area contributed by atoms with E-state index in [0.29, 0.717) is 18.9 Å². The Morgan fingerprint density at radius 2 is 1.81 bits per heavy atom. The highest BCUT2D eigenvalue weighted by Crippen LogP contribution is 2.28. The van der Waals surface area contributed by atoms with Crippen LogP contribution in [0, 0.1) is 0 Å². The highest BCUT2D eigenvalue weighted by Gasteiger charge is 2.33. The first-order valence-electron chi connectivity index (χ1n) is 6.49. The van der Waals surface area contributed by atoms with Crippen molar-refractivity contribution in [1.29, 1.82) is 0 Å². The summed E-state index contributed by atoms with van der Waals surface area (Å²) in [4.78, 5) is 2.88. The molecule has 5 nitrogen and oxygen atoms in total. The minimum absolute atomic E-state index is 0.0819. The van der Waals surface area contributed by atoms with E-state index in [-0.39, 0.29) is 17.0 Å². The number of hydrogen-bond donors (Lipinski definition) is 2. The number of nitrogens with one attached hydrogen (secondary N) is 1. The lowest BCUT2D eigenvalue weighted by Gasteiger charge is -2.26. The standard InChI is InChI=1S/C12H16F3N3O2S/c13-12(14,15)11-6-5-10(7-17-11)21(19,20)18-9-3-1-8(16)2-4-9/h5-9,18H,1-4,16H2. The summed E-state index contributed by atoms with van der Waals surface area (Å²) >= 11 is 0. The smallest absolute Gasteiger partial charge is 0.328 e. The molecule has 2 rings (SSSR count). The lowest BCUT2D eigenvalue weighted by Crippen LogP contribution is -2.40. The zero-order valence-electron chi connectivity index (χ0n) is 11.1. The van der Waals surface area contributed by atoms with E-state index in [2.05, 4.69) is 9.71 Å². The van der Waals surface area contributed by atoms with Gasteiger partial charge in [0.05, 0.1) is 0 Å². The molecule has 0 aliphatic heterocycles. The SMILES string of the molecule is NC1CCC(NS(=O)(=O)c2ccc(C(F)(F)F)nc2)CC1. The molecule has 0 unspecified atom stereocenters. The van der Waals surface area contributed by atoms with E-state index in [4.69, 9.17) is 5.73 Å². The van der Waals surface area contributed by atoms with Crippen molar-refractivity contribution in [2.45, 2.75) is 48.8 Å². The van der Waals surface area contributed by atoms with Crippen molar-refractivity contribution in [1.82, 2.24) is 9.71 Å². The topological polar surface area (TPSA) is 85.1 Å². The zero-order valence-corrected chi connectivity index (χ0v) is 11.9. The third kappa shape index (κ3) is 4.14. The van der Waals surface area contributed by atoms with Gasteiger partial charge in [0, 0.05) is 18.3 Å². The Labute approximate surface area is 120 Å². The molecule has 0 radical (unpaired) electrons. The molecule has 0 saturated heterocycles. The van der Waals surface area contributed by atoms with Crippen LogP contribution in [0.1, 0.15) is 31.4 Å². The molecule has 1 heterocycles. The number of sulfonamides is 1. The van der Waals surface area contributed by atoms with Crippen LogP contribution >= 0.6 is 0 Å². The Morgan fingerprint density at radius 1 is 1.19 bits per heavy atom. The molecule has 0 spiro atoms. The highest BCUT2D eigenvalue weighted by molar-refractivity contribution is 7.89. The van der Waals surface area contributed by atoms with Gasteiger partial charge < -0.3 is 5.73 Å². The average Bonchev–Trinajstić information content (AvgIpc) is 2.40. The first-order chi connectivity index (χ1) is 9.68. The minimum atomic E-state index is -4.59. The van der Waals surface area contributed by atoms with Gasteiger partial charge in [-0.15, -0.1) is 0 Å². The predicted molar refractivity (Wildman–Crippen MR) is 69.8 cm³/mol. The molecule has 3 N–H and O–H groups in total. The van der Waals surface area contributed by atoms with Crippen molar-refractivity contribution in [3.8, 4) is 0 Å². The first kappa shape index (κ1) is 16.2. The number of nitrogens with zero attached hydrogens (tertiary/aromatic N) is 1. The molecule has 1 aromatic rings. The lowest BCUT2D eigenvalue weighted by molar-refractivity contribution is -0.141. The molecule has 1 aliphatic rings. The molecular weight excluding hydrogens is 307 g/mol. The molecule has 1 fully saturated rings. The zero-order chi connectivity index (χ0) is 15.7. The van der Waals surface area contributed by atoms with Crippen LogP contribution in [-0.4, -0.2) is 25.5 Å². The number of pyridine rings is 1. The molecule has 21 heavy (non-hydrogen) atoms. The van der Waals surface area contributed by atoms with E-state index in [1.165, 1.54) is 0 Å². The summed E-state index contributed by atoms with van der Waals surface area (Å²) in [7, 11) is -3.86. The van der Waals surface area contributed by atoms with Crippen LogP contribution in [-0.2, 0) is 16.2 Å². The molecule has 0 bridgehead atoms. The molecule has 0 aromatic carbocycles. The van der Waals surface area contributed by atoms with Crippen molar-refractivity contribution in [3.05, 3.63) is 24.0 Å². The van der Waals surface area contributed by atoms with Gasteiger partial charge in [0.15, 0.2) is 0 Å². The van der Waals surface area contributed by atoms with Gasteiger partial charge in [0.25, 0.3) is 0 Å². The van der Waals surface area contributed by atoms with Gasteiger partial charge in [-0.05, 0) is 37.8 Å². The van der Waals surface area contributed by atoms with Crippen LogP contribution in [0.25, 0.3) is 0 Å². The summed E-state index contributed by atoms with van der Waals surface area (Å²) in [5.74, 6) is 0. The van der Waals surface area contributed by atoms with Gasteiger partial charge in [-0.1, -0.05) is 0 Å². The maximum Gasteiger partial charge on any atom is 0.433 e. The van der Waals surface area contributed by atoms with Crippen LogP contribution in [0.3, 0.4) is 0 Å². The largest absolute Gasteiger partial charge is 0.433 e. The first-order valence-corrected chi connectivity index (χ1v) is 7.98. The van der Waals surface area contributed by atoms with Gasteiger partial charge in [-0.3, -0.25) is 4.98 Å². The molecule has 0 amide bonds. The Bertz CT molecular complexity index is 579. The van der Waals surface area contributed by atoms with E-state index in [1.807, 2.05) is 0 Å². The van der Waals surface area contributed by atoms with Crippen molar-refractivity contribution in [3.63, 3.8) is 0 Å². The van der Waals surface area contributed by atoms with E-state index in [0.717, 1.165) is 25.1 Å². The van der Waals surface area contributed by atoms with Crippen LogP contribution in [0.4, 0.5) is 13.2 Å². The third-order valence-electron chi connectivity index (χ3n) is 3.43. The van der Waals surface area contributed by atoms with E-state index < -0.39 is 21.9 Å². The van der Waals surface area contributed by atoms with E-state index in [1.54, 1.807) is 0 Å². The Kier molecular flexibility index (Phi) is 4.54. The monoisotopic (exact) mass is 323 g/mol. The fourth-order valence-corrected chi connectivity index (χ4v) is 3.48. The Balaban J connectivity index is 2.09. The highest BCUT2D eigenvalue weighted by atomic mass is 32.2. The molecule has 1 aliphatic carbocycles. The third-order valence-corrected chi connectivity index (χ3v) is 4.94. The predicted octanol–water partition coefficient (Wildman–Crippen LogP) is 1.65. The van der Waals surface area contributed by atoms with Gasteiger partial charge in [-0.25, -0.2) is 13.1 Å². The molecule has 118 valence electrons. The molecular formula is C12H16F3N3O2S. The maximum absolute atomic E-state index is 12.4. The maximum atomic E-state index is 12.4. The lowest BCUT2D eigenvalue weighted by atomic mass is 9.93. The second-order valence-corrected chi connectivity index (χ2v) is 6.82.